The van der Waals surface area contributed by atoms with Crippen molar-refractivity contribution in [2.75, 3.05) is 5.32 Å². The number of benzene rings is 4. The summed E-state index contributed by atoms with van der Waals surface area (Å²) in [7, 11) is 0. The molecule has 0 aliphatic heterocycles. The fourth-order valence-electron chi connectivity index (χ4n) is 5.18. The van der Waals surface area contributed by atoms with Crippen molar-refractivity contribution >= 4 is 34.4 Å². The van der Waals surface area contributed by atoms with Crippen LogP contribution in [0.25, 0.3) is 10.8 Å². The van der Waals surface area contributed by atoms with Crippen molar-refractivity contribution in [2.24, 2.45) is 0 Å². The van der Waals surface area contributed by atoms with Gasteiger partial charge in [-0.2, -0.15) is 0 Å². The van der Waals surface area contributed by atoms with Crippen LogP contribution >= 0.6 is 0 Å². The van der Waals surface area contributed by atoms with E-state index in [9.17, 15) is 24.6 Å². The van der Waals surface area contributed by atoms with Crippen molar-refractivity contribution in [3.63, 3.8) is 0 Å². The summed E-state index contributed by atoms with van der Waals surface area (Å²) in [4.78, 5) is 43.1. The zero-order valence-electron chi connectivity index (χ0n) is 25.0. The molecule has 9 nitrogen and oxygen atoms in total. The quantitative estimate of drug-likeness (QED) is 0.186. The van der Waals surface area contributed by atoms with Gasteiger partial charge in [-0.05, 0) is 91.9 Å². The lowest BCUT2D eigenvalue weighted by molar-refractivity contribution is -0.141. The number of amides is 3. The molecule has 0 saturated heterocycles. The Morgan fingerprint density at radius 1 is 0.864 bits per heavy atom. The highest BCUT2D eigenvalue weighted by Crippen LogP contribution is 2.37. The van der Waals surface area contributed by atoms with Gasteiger partial charge in [0.15, 0.2) is 0 Å². The van der Waals surface area contributed by atoms with Gasteiger partial charge in [0.25, 0.3) is 5.91 Å². The molecule has 4 aromatic rings. The second kappa shape index (κ2) is 12.7. The molecule has 3 amide bonds. The van der Waals surface area contributed by atoms with Crippen molar-refractivity contribution in [1.29, 1.82) is 0 Å². The summed E-state index contributed by atoms with van der Waals surface area (Å²) >= 11 is 0. The number of rotatable bonds is 9. The number of phenolic OH excluding ortho intramolecular Hbond substituents is 2. The Kier molecular flexibility index (Phi) is 8.76. The highest BCUT2D eigenvalue weighted by molar-refractivity contribution is 6.00. The summed E-state index contributed by atoms with van der Waals surface area (Å²) in [6, 6.07) is 23.6. The maximum absolute atomic E-state index is 14.5. The Morgan fingerprint density at radius 3 is 2.23 bits per heavy atom. The molecule has 1 aliphatic carbocycles. The monoisotopic (exact) mass is 595 g/mol. The molecule has 0 spiro atoms. The Labute approximate surface area is 256 Å². The number of carbonyl (C=O) groups is 3. The standard InChI is InChI=1S/C35H37N3O6/c1-35(2,3)44-34(43)37-30(19-22-11-17-28(39)18-12-22)33(42)38(27-15-16-27)31(25-9-6-10-29(40)21-25)32(41)36-26-14-13-23-7-4-5-8-24(23)20-26/h4-14,17-18,20-21,27,30-31,39-40H,15-16,19H2,1-3H3,(H,36,41)(H,37,43). The lowest BCUT2D eigenvalue weighted by Crippen LogP contribution is -2.54. The van der Waals surface area contributed by atoms with Crippen LogP contribution in [0.5, 0.6) is 11.5 Å². The topological polar surface area (TPSA) is 128 Å². The van der Waals surface area contributed by atoms with E-state index in [1.807, 2.05) is 36.4 Å². The highest BCUT2D eigenvalue weighted by Gasteiger charge is 2.44. The van der Waals surface area contributed by atoms with Crippen LogP contribution in [0.2, 0.25) is 0 Å². The average Bonchev–Trinajstić information content (AvgIpc) is 3.80. The van der Waals surface area contributed by atoms with Gasteiger partial charge in [-0.1, -0.05) is 54.6 Å². The first-order valence-electron chi connectivity index (χ1n) is 14.6. The molecule has 4 N–H and O–H groups in total. The van der Waals surface area contributed by atoms with Gasteiger partial charge in [0.2, 0.25) is 5.91 Å². The summed E-state index contributed by atoms with van der Waals surface area (Å²) in [5.41, 5.74) is 0.900. The van der Waals surface area contributed by atoms with Gasteiger partial charge >= 0.3 is 6.09 Å². The summed E-state index contributed by atoms with van der Waals surface area (Å²) in [5.74, 6) is -0.882. The molecular weight excluding hydrogens is 558 g/mol. The van der Waals surface area contributed by atoms with E-state index < -0.39 is 35.6 Å². The predicted octanol–water partition coefficient (Wildman–Crippen LogP) is 6.06. The molecule has 0 aromatic heterocycles. The van der Waals surface area contributed by atoms with Gasteiger partial charge in [0.1, 0.15) is 29.2 Å². The van der Waals surface area contributed by atoms with E-state index in [1.165, 1.54) is 29.2 Å². The van der Waals surface area contributed by atoms with Crippen LogP contribution < -0.4 is 10.6 Å². The van der Waals surface area contributed by atoms with Gasteiger partial charge in [-0.3, -0.25) is 9.59 Å². The number of carbonyl (C=O) groups excluding carboxylic acids is 3. The van der Waals surface area contributed by atoms with Crippen molar-refractivity contribution in [2.45, 2.75) is 63.8 Å². The van der Waals surface area contributed by atoms with Crippen LogP contribution in [0, 0.1) is 0 Å². The van der Waals surface area contributed by atoms with Crippen molar-refractivity contribution in [3.05, 3.63) is 102 Å². The molecular formula is C35H37N3O6. The first-order valence-corrected chi connectivity index (χ1v) is 14.6. The Morgan fingerprint density at radius 2 is 1.57 bits per heavy atom. The maximum atomic E-state index is 14.5. The minimum absolute atomic E-state index is 0.0401. The predicted molar refractivity (Wildman–Crippen MR) is 168 cm³/mol. The molecule has 0 bridgehead atoms. The summed E-state index contributed by atoms with van der Waals surface area (Å²) in [6.45, 7) is 5.19. The molecule has 2 unspecified atom stereocenters. The third-order valence-corrected chi connectivity index (χ3v) is 7.29. The second-order valence-electron chi connectivity index (χ2n) is 12.1. The number of ether oxygens (including phenoxy) is 1. The third-order valence-electron chi connectivity index (χ3n) is 7.29. The smallest absolute Gasteiger partial charge is 0.408 e. The maximum Gasteiger partial charge on any atom is 0.408 e. The number of nitrogens with zero attached hydrogens (tertiary/aromatic N) is 1. The SMILES string of the molecule is CC(C)(C)OC(=O)NC(Cc1ccc(O)cc1)C(=O)N(C1CC1)C(C(=O)Nc1ccc2ccccc2c1)c1cccc(O)c1. The molecule has 1 saturated carbocycles. The normalized spacial score (nSPS) is 14.3. The third kappa shape index (κ3) is 7.66. The van der Waals surface area contributed by atoms with Gasteiger partial charge < -0.3 is 30.5 Å². The molecule has 5 rings (SSSR count). The van der Waals surface area contributed by atoms with Crippen LogP contribution in [0.3, 0.4) is 0 Å². The van der Waals surface area contributed by atoms with Crippen LogP contribution in [-0.2, 0) is 20.7 Å². The van der Waals surface area contributed by atoms with Crippen LogP contribution in [-0.4, -0.2) is 50.7 Å². The number of alkyl carbamates (subject to hydrolysis) is 1. The molecule has 1 fully saturated rings. The van der Waals surface area contributed by atoms with Crippen molar-refractivity contribution < 1.29 is 29.3 Å². The highest BCUT2D eigenvalue weighted by atomic mass is 16.6. The Bertz CT molecular complexity index is 1660. The van der Waals surface area contributed by atoms with E-state index in [-0.39, 0.29) is 24.0 Å². The fourth-order valence-corrected chi connectivity index (χ4v) is 5.18. The summed E-state index contributed by atoms with van der Waals surface area (Å²) in [6.07, 6.45) is 0.700. The molecule has 0 heterocycles. The number of aromatic hydroxyl groups is 2. The molecule has 2 atom stereocenters. The van der Waals surface area contributed by atoms with E-state index in [0.717, 1.165) is 10.8 Å². The number of phenols is 2. The number of hydrogen-bond acceptors (Lipinski definition) is 6. The lowest BCUT2D eigenvalue weighted by atomic mass is 9.99. The minimum atomic E-state index is -1.10. The van der Waals surface area contributed by atoms with E-state index in [1.54, 1.807) is 51.1 Å². The average molecular weight is 596 g/mol. The van der Waals surface area contributed by atoms with Gasteiger partial charge in [-0.25, -0.2) is 4.79 Å². The Balaban J connectivity index is 1.51. The molecule has 228 valence electrons. The van der Waals surface area contributed by atoms with E-state index >= 15 is 0 Å². The molecule has 4 aromatic carbocycles. The first kappa shape index (κ1) is 30.4. The zero-order chi connectivity index (χ0) is 31.4. The number of anilines is 1. The van der Waals surface area contributed by atoms with Crippen LogP contribution in [0.1, 0.15) is 50.8 Å². The number of hydrogen-bond donors (Lipinski definition) is 4. The van der Waals surface area contributed by atoms with Crippen LogP contribution in [0.15, 0.2) is 91.0 Å². The van der Waals surface area contributed by atoms with E-state index in [4.69, 9.17) is 4.74 Å². The molecule has 0 radical (unpaired) electrons. The van der Waals surface area contributed by atoms with E-state index in [0.29, 0.717) is 29.7 Å². The summed E-state index contributed by atoms with van der Waals surface area (Å²) in [5, 5.41) is 27.8. The first-order chi connectivity index (χ1) is 21.0. The molecule has 1 aliphatic rings. The molecule has 9 heteroatoms. The minimum Gasteiger partial charge on any atom is -0.508 e. The fraction of sp³-hybridized carbons (Fsp3) is 0.286. The number of nitrogens with one attached hydrogen (secondary N) is 2. The largest absolute Gasteiger partial charge is 0.508 e. The summed E-state index contributed by atoms with van der Waals surface area (Å²) < 4.78 is 5.48. The van der Waals surface area contributed by atoms with Gasteiger partial charge in [0, 0.05) is 18.2 Å². The van der Waals surface area contributed by atoms with Gasteiger partial charge in [-0.15, -0.1) is 0 Å². The van der Waals surface area contributed by atoms with Crippen molar-refractivity contribution in [3.8, 4) is 11.5 Å². The second-order valence-corrected chi connectivity index (χ2v) is 12.1. The van der Waals surface area contributed by atoms with Crippen LogP contribution in [0.4, 0.5) is 10.5 Å². The van der Waals surface area contributed by atoms with Gasteiger partial charge in [0.05, 0.1) is 0 Å². The lowest BCUT2D eigenvalue weighted by Gasteiger charge is -2.35. The zero-order valence-corrected chi connectivity index (χ0v) is 25.0. The van der Waals surface area contributed by atoms with E-state index in [2.05, 4.69) is 10.6 Å². The van der Waals surface area contributed by atoms with Crippen molar-refractivity contribution in [1.82, 2.24) is 10.2 Å². The number of fused-ring (bicyclic) bond motifs is 1. The molecule has 44 heavy (non-hydrogen) atoms. The Hall–Kier alpha value is -5.05.